The minimum atomic E-state index is -5.07. The van der Waals surface area contributed by atoms with Crippen LogP contribution in [-0.4, -0.2) is 97.5 Å². The van der Waals surface area contributed by atoms with Gasteiger partial charge < -0.3 is 34.3 Å². The molecule has 0 aliphatic carbocycles. The maximum Gasteiger partial charge on any atom is 0.397 e. The lowest BCUT2D eigenvalue weighted by atomic mass is 9.99. The van der Waals surface area contributed by atoms with Gasteiger partial charge in [0.1, 0.15) is 30.5 Å². The number of hydrogen-bond donors (Lipinski definition) is 4. The summed E-state index contributed by atoms with van der Waals surface area (Å²) in [5, 5.41) is 30.9. The number of rotatable bonds is 52. The summed E-state index contributed by atoms with van der Waals surface area (Å²) < 4.78 is 59.4. The Morgan fingerprint density at radius 2 is 0.917 bits per heavy atom. The number of carbonyl (C=O) groups excluding carboxylic acids is 1. The van der Waals surface area contributed by atoms with E-state index in [2.05, 4.69) is 66.6 Å². The first kappa shape index (κ1) is 68.1. The molecule has 1 heterocycles. The molecule has 0 saturated carbocycles. The van der Waals surface area contributed by atoms with Crippen molar-refractivity contribution in [2.75, 3.05) is 26.4 Å². The molecule has 1 saturated heterocycles. The highest BCUT2D eigenvalue weighted by atomic mass is 32.3. The Hall–Kier alpha value is -1.94. The number of ether oxygens (including phenoxy) is 4. The van der Waals surface area contributed by atoms with Gasteiger partial charge in [-0.2, -0.15) is 8.42 Å². The maximum atomic E-state index is 13.0. The average molecular weight is 1040 g/mol. The smallest absolute Gasteiger partial charge is 0.397 e. The summed E-state index contributed by atoms with van der Waals surface area (Å²) >= 11 is 0. The molecule has 4 N–H and O–H groups in total. The van der Waals surface area contributed by atoms with E-state index in [9.17, 15) is 33.1 Å². The molecule has 1 fully saturated rings. The summed E-state index contributed by atoms with van der Waals surface area (Å²) in [6, 6.07) is 0. The van der Waals surface area contributed by atoms with Crippen LogP contribution < -0.4 is 0 Å². The summed E-state index contributed by atoms with van der Waals surface area (Å²) in [7, 11) is -5.07. The van der Waals surface area contributed by atoms with Crippen LogP contribution in [0.4, 0.5) is 0 Å². The van der Waals surface area contributed by atoms with Crippen LogP contribution in [0.1, 0.15) is 258 Å². The number of unbranched alkanes of at least 4 members (excludes halogenated alkanes) is 31. The third-order valence-corrected chi connectivity index (χ3v) is 13.9. The molecule has 0 aromatic rings. The molecule has 6 unspecified atom stereocenters. The summed E-state index contributed by atoms with van der Waals surface area (Å²) in [5.74, 6) is -0.404. The molecule has 12 nitrogen and oxygen atoms in total. The Labute approximate surface area is 440 Å². The Morgan fingerprint density at radius 3 is 1.35 bits per heavy atom. The number of esters is 1. The molecular weight excluding hydrogens is 933 g/mol. The van der Waals surface area contributed by atoms with Gasteiger partial charge in [-0.05, 0) is 77.0 Å². The normalized spacial score (nSPS) is 19.2. The number of aliphatic hydroxyl groups is 3. The van der Waals surface area contributed by atoms with Crippen molar-refractivity contribution in [3.05, 3.63) is 48.6 Å². The van der Waals surface area contributed by atoms with Crippen molar-refractivity contribution in [1.82, 2.24) is 0 Å². The SMILES string of the molecule is CCCCCCC/C=C\C/C=C\C/C=C\CCCCCCCCCCC(=O)OC(COCCCCCCCCCCCC/C=C\CCCCCCCCCC)COC1OC(CO)C(O)C(OS(=O)(=O)O)C1O. The van der Waals surface area contributed by atoms with Crippen molar-refractivity contribution in [3.63, 3.8) is 0 Å². The Morgan fingerprint density at radius 1 is 0.528 bits per heavy atom. The summed E-state index contributed by atoms with van der Waals surface area (Å²) in [6.07, 6.45) is 54.3. The monoisotopic (exact) mass is 1040 g/mol. The van der Waals surface area contributed by atoms with Crippen LogP contribution in [0.2, 0.25) is 0 Å². The highest BCUT2D eigenvalue weighted by Crippen LogP contribution is 2.26. The first-order valence-corrected chi connectivity index (χ1v) is 30.8. The van der Waals surface area contributed by atoms with E-state index < -0.39 is 59.8 Å². The molecular formula is C59H108O12S. The van der Waals surface area contributed by atoms with Gasteiger partial charge in [-0.25, -0.2) is 4.18 Å². The fraction of sp³-hybridized carbons (Fsp3) is 0.847. The summed E-state index contributed by atoms with van der Waals surface area (Å²) in [4.78, 5) is 13.0. The zero-order chi connectivity index (χ0) is 52.4. The van der Waals surface area contributed by atoms with Gasteiger partial charge in [-0.1, -0.05) is 223 Å². The lowest BCUT2D eigenvalue weighted by Gasteiger charge is -2.41. The van der Waals surface area contributed by atoms with Gasteiger partial charge in [0, 0.05) is 13.0 Å². The van der Waals surface area contributed by atoms with Crippen molar-refractivity contribution in [2.24, 2.45) is 0 Å². The van der Waals surface area contributed by atoms with Gasteiger partial charge in [0.15, 0.2) is 6.29 Å². The summed E-state index contributed by atoms with van der Waals surface area (Å²) in [6.45, 7) is 4.01. The highest BCUT2D eigenvalue weighted by Gasteiger charge is 2.48. The van der Waals surface area contributed by atoms with Crippen LogP contribution >= 0.6 is 0 Å². The molecule has 1 aliphatic rings. The van der Waals surface area contributed by atoms with Crippen LogP contribution in [0.3, 0.4) is 0 Å². The van der Waals surface area contributed by atoms with E-state index >= 15 is 0 Å². The van der Waals surface area contributed by atoms with Gasteiger partial charge in [0.2, 0.25) is 0 Å². The van der Waals surface area contributed by atoms with E-state index in [-0.39, 0.29) is 19.6 Å². The van der Waals surface area contributed by atoms with E-state index in [0.29, 0.717) is 13.0 Å². The quantitative estimate of drug-likeness (QED) is 0.0196. The van der Waals surface area contributed by atoms with Crippen LogP contribution in [-0.2, 0) is 38.3 Å². The molecule has 0 aromatic carbocycles. The van der Waals surface area contributed by atoms with Gasteiger partial charge in [0.25, 0.3) is 0 Å². The first-order valence-electron chi connectivity index (χ1n) is 29.4. The van der Waals surface area contributed by atoms with Gasteiger partial charge in [-0.15, -0.1) is 0 Å². The van der Waals surface area contributed by atoms with E-state index in [0.717, 1.165) is 57.8 Å². The molecule has 0 spiro atoms. The second-order valence-corrected chi connectivity index (χ2v) is 21.3. The van der Waals surface area contributed by atoms with Crippen molar-refractivity contribution < 1.29 is 56.2 Å². The second kappa shape index (κ2) is 49.9. The largest absolute Gasteiger partial charge is 0.457 e. The topological polar surface area (TPSA) is 178 Å². The van der Waals surface area contributed by atoms with Crippen molar-refractivity contribution >= 4 is 16.4 Å². The first-order chi connectivity index (χ1) is 35.1. The molecule has 72 heavy (non-hydrogen) atoms. The molecule has 0 aromatic heterocycles. The van der Waals surface area contributed by atoms with E-state index in [1.54, 1.807) is 0 Å². The van der Waals surface area contributed by atoms with Gasteiger partial charge in [0.05, 0.1) is 19.8 Å². The third-order valence-electron chi connectivity index (χ3n) is 13.4. The molecule has 0 radical (unpaired) electrons. The Kier molecular flexibility index (Phi) is 47.2. The molecule has 0 bridgehead atoms. The standard InChI is InChI=1S/C59H108O12S/c1-3-5-7-9-11-13-15-17-19-21-23-25-27-28-30-32-34-36-38-40-42-44-46-48-55(61)69-53(52-68-59-57(63)58(71-72(64,65)66)56(62)54(50-60)70-59)51-67-49-47-45-43-41-39-37-35-33-31-29-26-24-22-20-18-16-14-12-10-8-6-4-2/h15,17,21-24,27-28,53-54,56-60,62-63H,3-14,16,18-20,25-26,29-52H2,1-2H3,(H,64,65,66)/b17-15-,23-21-,24-22-,28-27-. The van der Waals surface area contributed by atoms with Crippen molar-refractivity contribution in [3.8, 4) is 0 Å². The average Bonchev–Trinajstić information content (AvgIpc) is 3.36. The predicted molar refractivity (Wildman–Crippen MR) is 294 cm³/mol. The fourth-order valence-corrected chi connectivity index (χ4v) is 9.48. The van der Waals surface area contributed by atoms with E-state index in [1.165, 1.54) is 173 Å². The zero-order valence-corrected chi connectivity index (χ0v) is 46.6. The van der Waals surface area contributed by atoms with Crippen molar-refractivity contribution in [2.45, 2.75) is 295 Å². The highest BCUT2D eigenvalue weighted by molar-refractivity contribution is 7.80. The molecule has 6 atom stereocenters. The minimum Gasteiger partial charge on any atom is -0.457 e. The maximum absolute atomic E-state index is 13.0. The van der Waals surface area contributed by atoms with Crippen LogP contribution in [0.25, 0.3) is 0 Å². The summed E-state index contributed by atoms with van der Waals surface area (Å²) in [5.41, 5.74) is 0. The van der Waals surface area contributed by atoms with Crippen LogP contribution in [0.15, 0.2) is 48.6 Å². The predicted octanol–water partition coefficient (Wildman–Crippen LogP) is 14.6. The second-order valence-electron chi connectivity index (χ2n) is 20.2. The van der Waals surface area contributed by atoms with E-state index in [4.69, 9.17) is 18.9 Å². The van der Waals surface area contributed by atoms with Gasteiger partial charge >= 0.3 is 16.4 Å². The number of aliphatic hydroxyl groups excluding tert-OH is 3. The zero-order valence-electron chi connectivity index (χ0n) is 45.7. The number of hydrogen-bond acceptors (Lipinski definition) is 11. The molecule has 0 amide bonds. The van der Waals surface area contributed by atoms with Crippen LogP contribution in [0.5, 0.6) is 0 Å². The Balaban J connectivity index is 2.30. The minimum absolute atomic E-state index is 0.0324. The van der Waals surface area contributed by atoms with Crippen molar-refractivity contribution in [1.29, 1.82) is 0 Å². The molecule has 1 rings (SSSR count). The number of allylic oxidation sites excluding steroid dienone is 8. The van der Waals surface area contributed by atoms with Crippen LogP contribution in [0, 0.1) is 0 Å². The number of carbonyl (C=O) groups is 1. The lowest BCUT2D eigenvalue weighted by molar-refractivity contribution is -0.301. The third kappa shape index (κ3) is 42.3. The van der Waals surface area contributed by atoms with Gasteiger partial charge in [-0.3, -0.25) is 9.35 Å². The molecule has 1 aliphatic heterocycles. The lowest BCUT2D eigenvalue weighted by Crippen LogP contribution is -2.60. The van der Waals surface area contributed by atoms with E-state index in [1.807, 2.05) is 0 Å². The fourth-order valence-electron chi connectivity index (χ4n) is 8.97. The molecule has 422 valence electrons. The Bertz CT molecular complexity index is 1430. The molecule has 13 heteroatoms.